The number of fused-ring (bicyclic) bond motifs is 5. The molecule has 0 radical (unpaired) electrons. The zero-order valence-electron chi connectivity index (χ0n) is 6.32. The van der Waals surface area contributed by atoms with Crippen molar-refractivity contribution >= 4 is 0 Å². The van der Waals surface area contributed by atoms with Crippen LogP contribution in [0.2, 0.25) is 0 Å². The fraction of sp³-hybridized carbons (Fsp3) is 0.667. The molecule has 5 atom stereocenters. The predicted molar refractivity (Wildman–Crippen MR) is 38.5 cm³/mol. The maximum Gasteiger partial charge on any atom is 0.0812 e. The second kappa shape index (κ2) is 1.37. The zero-order chi connectivity index (χ0) is 7.64. The van der Waals surface area contributed by atoms with Gasteiger partial charge in [0.25, 0.3) is 0 Å². The average Bonchev–Trinajstić information content (AvgIpc) is 2.46. The first-order valence-corrected chi connectivity index (χ1v) is 4.02. The smallest absolute Gasteiger partial charge is 0.0812 e. The van der Waals surface area contributed by atoms with E-state index in [0.717, 1.165) is 0 Å². The molecule has 2 heterocycles. The van der Waals surface area contributed by atoms with E-state index in [1.54, 1.807) is 0 Å². The number of ether oxygens (including phenoxy) is 1. The summed E-state index contributed by atoms with van der Waals surface area (Å²) in [6.45, 7) is 2.05. The summed E-state index contributed by atoms with van der Waals surface area (Å²) < 4.78 is 5.57. The SMILES string of the molecule is CC1(C#N)[C@@H]2[C@H]1[C@H]1C=C[C@@H]2O1. The molecule has 1 unspecified atom stereocenters. The van der Waals surface area contributed by atoms with Crippen molar-refractivity contribution < 1.29 is 4.74 Å². The Bertz CT molecular complexity index is 270. The van der Waals surface area contributed by atoms with Crippen LogP contribution in [0.1, 0.15) is 6.92 Å². The highest BCUT2D eigenvalue weighted by atomic mass is 16.5. The van der Waals surface area contributed by atoms with Gasteiger partial charge in [-0.15, -0.1) is 0 Å². The molecule has 2 fully saturated rings. The molecule has 0 amide bonds. The maximum atomic E-state index is 8.90. The molecule has 11 heavy (non-hydrogen) atoms. The fourth-order valence-corrected chi connectivity index (χ4v) is 2.72. The van der Waals surface area contributed by atoms with Crippen molar-refractivity contribution in [2.75, 3.05) is 0 Å². The Hall–Kier alpha value is -0.810. The molecule has 3 rings (SSSR count). The van der Waals surface area contributed by atoms with E-state index in [0.29, 0.717) is 11.8 Å². The van der Waals surface area contributed by atoms with Gasteiger partial charge in [0.05, 0.1) is 23.7 Å². The topological polar surface area (TPSA) is 33.0 Å². The highest BCUT2D eigenvalue weighted by Gasteiger charge is 2.73. The standard InChI is InChI=1S/C9H9NO/c1-9(4-10)7-5-2-3-6(11-5)8(7)9/h2-3,5-8H,1H3/t5-,6+,7-,8+,9?. The van der Waals surface area contributed by atoms with E-state index in [1.165, 1.54) is 0 Å². The van der Waals surface area contributed by atoms with Gasteiger partial charge in [-0.05, 0) is 6.92 Å². The van der Waals surface area contributed by atoms with Crippen molar-refractivity contribution in [1.29, 1.82) is 5.26 Å². The molecular weight excluding hydrogens is 138 g/mol. The van der Waals surface area contributed by atoms with Crippen LogP contribution in [0.15, 0.2) is 12.2 Å². The van der Waals surface area contributed by atoms with Gasteiger partial charge in [-0.3, -0.25) is 0 Å². The maximum absolute atomic E-state index is 8.90. The molecule has 0 aromatic rings. The second-order valence-corrected chi connectivity index (χ2v) is 3.90. The lowest BCUT2D eigenvalue weighted by Crippen LogP contribution is -2.15. The zero-order valence-corrected chi connectivity index (χ0v) is 6.32. The Balaban J connectivity index is 2.02. The Morgan fingerprint density at radius 3 is 2.36 bits per heavy atom. The summed E-state index contributed by atoms with van der Waals surface area (Å²) in [5.41, 5.74) is -0.0723. The van der Waals surface area contributed by atoms with E-state index in [4.69, 9.17) is 10.00 Å². The lowest BCUT2D eigenvalue weighted by atomic mass is 10.0. The minimum absolute atomic E-state index is 0.0723. The van der Waals surface area contributed by atoms with E-state index in [-0.39, 0.29) is 17.6 Å². The van der Waals surface area contributed by atoms with E-state index in [2.05, 4.69) is 25.1 Å². The molecule has 1 saturated carbocycles. The van der Waals surface area contributed by atoms with Crippen LogP contribution < -0.4 is 0 Å². The van der Waals surface area contributed by atoms with Crippen molar-refractivity contribution in [3.05, 3.63) is 12.2 Å². The number of hydrogen-bond acceptors (Lipinski definition) is 2. The summed E-state index contributed by atoms with van der Waals surface area (Å²) in [5, 5.41) is 8.90. The minimum Gasteiger partial charge on any atom is -0.366 e. The first-order valence-electron chi connectivity index (χ1n) is 4.02. The molecule has 0 N–H and O–H groups in total. The number of hydrogen-bond donors (Lipinski definition) is 0. The van der Waals surface area contributed by atoms with E-state index in [1.807, 2.05) is 0 Å². The van der Waals surface area contributed by atoms with Gasteiger partial charge in [-0.25, -0.2) is 0 Å². The van der Waals surface area contributed by atoms with Crippen molar-refractivity contribution in [2.24, 2.45) is 17.3 Å². The lowest BCUT2D eigenvalue weighted by Gasteiger charge is -2.11. The first kappa shape index (κ1) is 5.79. The molecule has 2 heteroatoms. The highest BCUT2D eigenvalue weighted by molar-refractivity contribution is 5.34. The summed E-state index contributed by atoms with van der Waals surface area (Å²) in [4.78, 5) is 0. The Morgan fingerprint density at radius 1 is 1.36 bits per heavy atom. The minimum atomic E-state index is -0.0723. The van der Waals surface area contributed by atoms with Gasteiger partial charge in [0.1, 0.15) is 0 Å². The van der Waals surface area contributed by atoms with Crippen LogP contribution in [0.25, 0.3) is 0 Å². The van der Waals surface area contributed by atoms with Crippen LogP contribution in [0, 0.1) is 28.6 Å². The van der Waals surface area contributed by atoms with Crippen LogP contribution >= 0.6 is 0 Å². The molecule has 3 aliphatic rings. The van der Waals surface area contributed by atoms with Gasteiger partial charge in [0.2, 0.25) is 0 Å². The van der Waals surface area contributed by atoms with E-state index >= 15 is 0 Å². The Labute approximate surface area is 65.5 Å². The average molecular weight is 147 g/mol. The summed E-state index contributed by atoms with van der Waals surface area (Å²) in [5.74, 6) is 1.00. The monoisotopic (exact) mass is 147 g/mol. The number of nitrogens with zero attached hydrogens (tertiary/aromatic N) is 1. The van der Waals surface area contributed by atoms with Crippen LogP contribution in [-0.2, 0) is 4.74 Å². The summed E-state index contributed by atoms with van der Waals surface area (Å²) in [6, 6.07) is 2.40. The largest absolute Gasteiger partial charge is 0.366 e. The molecule has 0 aromatic carbocycles. The third-order valence-corrected chi connectivity index (χ3v) is 3.42. The quantitative estimate of drug-likeness (QED) is 0.481. The molecule has 2 nitrogen and oxygen atoms in total. The predicted octanol–water partition coefficient (Wildman–Crippen LogP) is 1.10. The third-order valence-electron chi connectivity index (χ3n) is 3.42. The van der Waals surface area contributed by atoms with Crippen molar-refractivity contribution in [2.45, 2.75) is 19.1 Å². The summed E-state index contributed by atoms with van der Waals surface area (Å²) >= 11 is 0. The second-order valence-electron chi connectivity index (χ2n) is 3.90. The van der Waals surface area contributed by atoms with E-state index in [9.17, 15) is 0 Å². The third kappa shape index (κ3) is 0.431. The van der Waals surface area contributed by atoms with Gasteiger partial charge in [-0.1, -0.05) is 12.2 Å². The van der Waals surface area contributed by atoms with Gasteiger partial charge >= 0.3 is 0 Å². The molecule has 0 aromatic heterocycles. The molecule has 2 aliphatic heterocycles. The number of rotatable bonds is 0. The number of nitriles is 1. The lowest BCUT2D eigenvalue weighted by molar-refractivity contribution is 0.0675. The van der Waals surface area contributed by atoms with Crippen molar-refractivity contribution in [1.82, 2.24) is 0 Å². The molecule has 1 aliphatic carbocycles. The molecule has 1 saturated heterocycles. The van der Waals surface area contributed by atoms with Gasteiger partial charge in [-0.2, -0.15) is 5.26 Å². The fourth-order valence-electron chi connectivity index (χ4n) is 2.72. The Kier molecular flexibility index (Phi) is 0.723. The Morgan fingerprint density at radius 2 is 1.91 bits per heavy atom. The summed E-state index contributed by atoms with van der Waals surface area (Å²) in [7, 11) is 0. The van der Waals surface area contributed by atoms with Crippen molar-refractivity contribution in [3.8, 4) is 6.07 Å². The van der Waals surface area contributed by atoms with Gasteiger partial charge in [0.15, 0.2) is 0 Å². The normalized spacial score (nSPS) is 62.5. The molecule has 56 valence electrons. The van der Waals surface area contributed by atoms with Crippen LogP contribution in [-0.4, -0.2) is 12.2 Å². The van der Waals surface area contributed by atoms with Gasteiger partial charge in [0, 0.05) is 11.8 Å². The van der Waals surface area contributed by atoms with Crippen LogP contribution in [0.5, 0.6) is 0 Å². The van der Waals surface area contributed by atoms with Crippen molar-refractivity contribution in [3.63, 3.8) is 0 Å². The van der Waals surface area contributed by atoms with E-state index < -0.39 is 0 Å². The van der Waals surface area contributed by atoms with Crippen LogP contribution in [0.4, 0.5) is 0 Å². The van der Waals surface area contributed by atoms with Gasteiger partial charge < -0.3 is 4.74 Å². The molecule has 0 spiro atoms. The molecular formula is C9H9NO. The highest BCUT2D eigenvalue weighted by Crippen LogP contribution is 2.68. The van der Waals surface area contributed by atoms with Crippen LogP contribution in [0.3, 0.4) is 0 Å². The summed E-state index contributed by atoms with van der Waals surface area (Å²) in [6.07, 6.45) is 4.73. The molecule has 2 bridgehead atoms. The first-order chi connectivity index (χ1) is 5.27.